The van der Waals surface area contributed by atoms with Gasteiger partial charge in [-0.3, -0.25) is 4.79 Å². The Kier molecular flexibility index (Phi) is 4.41. The Morgan fingerprint density at radius 1 is 1.04 bits per heavy atom. The second-order valence-electron chi connectivity index (χ2n) is 6.24. The summed E-state index contributed by atoms with van der Waals surface area (Å²) in [5, 5.41) is 20.1. The molecule has 0 radical (unpaired) electrons. The highest BCUT2D eigenvalue weighted by molar-refractivity contribution is 6.32. The number of H-pyrrole nitrogens is 1. The van der Waals surface area contributed by atoms with Crippen LogP contribution in [0.5, 0.6) is 11.5 Å². The van der Waals surface area contributed by atoms with Crippen LogP contribution in [0.4, 0.5) is 0 Å². The first-order chi connectivity index (χ1) is 13.4. The number of rotatable bonds is 3. The van der Waals surface area contributed by atoms with Crippen LogP contribution in [0.1, 0.15) is 5.76 Å². The van der Waals surface area contributed by atoms with Crippen molar-refractivity contribution in [3.05, 3.63) is 75.6 Å². The van der Waals surface area contributed by atoms with Crippen molar-refractivity contribution in [2.45, 2.75) is 6.92 Å². The molecule has 4 aromatic rings. The van der Waals surface area contributed by atoms with Gasteiger partial charge in [-0.25, -0.2) is 4.98 Å². The van der Waals surface area contributed by atoms with Crippen LogP contribution in [0.25, 0.3) is 34.1 Å². The van der Waals surface area contributed by atoms with Crippen molar-refractivity contribution >= 4 is 11.6 Å². The highest BCUT2D eigenvalue weighted by Crippen LogP contribution is 2.37. The molecule has 0 aliphatic rings. The van der Waals surface area contributed by atoms with Gasteiger partial charge in [-0.1, -0.05) is 41.9 Å². The zero-order valence-electron chi connectivity index (χ0n) is 14.7. The van der Waals surface area contributed by atoms with Crippen LogP contribution in [0, 0.1) is 6.92 Å². The molecule has 4 rings (SSSR count). The van der Waals surface area contributed by atoms with E-state index < -0.39 is 11.2 Å². The van der Waals surface area contributed by atoms with Crippen molar-refractivity contribution in [3.63, 3.8) is 0 Å². The van der Waals surface area contributed by atoms with Gasteiger partial charge in [0.25, 0.3) is 0 Å². The van der Waals surface area contributed by atoms with Gasteiger partial charge in [0, 0.05) is 17.2 Å². The lowest BCUT2D eigenvalue weighted by atomic mass is 10.1. The molecule has 2 heterocycles. The average Bonchev–Trinajstić information content (AvgIpc) is 3.12. The van der Waals surface area contributed by atoms with Crippen LogP contribution in [0.2, 0.25) is 5.02 Å². The molecule has 0 aliphatic carbocycles. The molecular formula is C21H15ClN2O4. The molecule has 0 unspecified atom stereocenters. The third-order valence-corrected chi connectivity index (χ3v) is 4.55. The number of nitrogens with zero attached hydrogens (tertiary/aromatic N) is 1. The largest absolute Gasteiger partial charge is 0.506 e. The molecule has 3 N–H and O–H groups in total. The molecule has 0 saturated carbocycles. The molecule has 0 amide bonds. The zero-order chi connectivity index (χ0) is 19.8. The predicted molar refractivity (Wildman–Crippen MR) is 107 cm³/mol. The molecule has 2 aromatic carbocycles. The fraction of sp³-hybridized carbons (Fsp3) is 0.0476. The summed E-state index contributed by atoms with van der Waals surface area (Å²) in [6.45, 7) is 1.63. The summed E-state index contributed by atoms with van der Waals surface area (Å²) in [4.78, 5) is 19.8. The fourth-order valence-electron chi connectivity index (χ4n) is 2.91. The number of benzene rings is 2. The van der Waals surface area contributed by atoms with Crippen molar-refractivity contribution < 1.29 is 14.6 Å². The molecule has 2 aromatic heterocycles. The van der Waals surface area contributed by atoms with Gasteiger partial charge in [-0.2, -0.15) is 0 Å². The molecule has 28 heavy (non-hydrogen) atoms. The smallest absolute Gasteiger partial charge is 0.227 e. The average molecular weight is 395 g/mol. The molecule has 140 valence electrons. The van der Waals surface area contributed by atoms with Crippen molar-refractivity contribution in [1.29, 1.82) is 0 Å². The second-order valence-corrected chi connectivity index (χ2v) is 6.65. The highest BCUT2D eigenvalue weighted by atomic mass is 35.5. The molecule has 0 atom stereocenters. The Hall–Kier alpha value is -3.51. The van der Waals surface area contributed by atoms with E-state index in [0.29, 0.717) is 28.5 Å². The Morgan fingerprint density at radius 3 is 2.50 bits per heavy atom. The normalized spacial score (nSPS) is 10.9. The van der Waals surface area contributed by atoms with E-state index in [4.69, 9.17) is 16.0 Å². The Morgan fingerprint density at radius 2 is 1.79 bits per heavy atom. The van der Waals surface area contributed by atoms with Crippen LogP contribution >= 0.6 is 11.6 Å². The number of aromatic hydroxyl groups is 2. The van der Waals surface area contributed by atoms with E-state index in [0.717, 1.165) is 5.56 Å². The number of imidazole rings is 1. The summed E-state index contributed by atoms with van der Waals surface area (Å²) in [6, 6.07) is 15.2. The fourth-order valence-corrected chi connectivity index (χ4v) is 3.09. The van der Waals surface area contributed by atoms with Crippen LogP contribution < -0.4 is 5.43 Å². The van der Waals surface area contributed by atoms with Crippen molar-refractivity contribution in [3.8, 4) is 45.6 Å². The number of nitrogens with one attached hydrogen (secondary N) is 1. The van der Waals surface area contributed by atoms with E-state index in [2.05, 4.69) is 9.97 Å². The number of aryl methyl sites for hydroxylation is 1. The number of phenols is 1. The van der Waals surface area contributed by atoms with Gasteiger partial charge < -0.3 is 19.6 Å². The summed E-state index contributed by atoms with van der Waals surface area (Å²) < 4.78 is 5.64. The first kappa shape index (κ1) is 17.9. The predicted octanol–water partition coefficient (Wildman–Crippen LogP) is 4.74. The van der Waals surface area contributed by atoms with Crippen LogP contribution in [0.15, 0.2) is 63.8 Å². The van der Waals surface area contributed by atoms with Crippen molar-refractivity contribution in [1.82, 2.24) is 9.97 Å². The first-order valence-corrected chi connectivity index (χ1v) is 8.80. The van der Waals surface area contributed by atoms with E-state index >= 15 is 0 Å². The van der Waals surface area contributed by atoms with Gasteiger partial charge >= 0.3 is 0 Å². The minimum atomic E-state index is -0.540. The molecule has 0 aliphatic heterocycles. The molecular weight excluding hydrogens is 380 g/mol. The maximum Gasteiger partial charge on any atom is 0.227 e. The molecule has 0 bridgehead atoms. The number of aromatic nitrogens is 2. The summed E-state index contributed by atoms with van der Waals surface area (Å²) in [5.74, 6) is 0.275. The SMILES string of the molecule is Cc1cc(=O)c(O)c(-c2[nH]c(-c3ccc(O)c(Cl)c3)nc2-c2ccccc2)o1. The topological polar surface area (TPSA) is 99.3 Å². The van der Waals surface area contributed by atoms with Gasteiger partial charge in [0.2, 0.25) is 11.2 Å². The number of aromatic amines is 1. The Bertz CT molecular complexity index is 1230. The van der Waals surface area contributed by atoms with Crippen molar-refractivity contribution in [2.24, 2.45) is 0 Å². The van der Waals surface area contributed by atoms with Gasteiger partial charge in [-0.15, -0.1) is 0 Å². The Labute approximate surface area is 164 Å². The highest BCUT2D eigenvalue weighted by Gasteiger charge is 2.22. The minimum absolute atomic E-state index is 0.00692. The lowest BCUT2D eigenvalue weighted by Crippen LogP contribution is -2.01. The number of hydrogen-bond donors (Lipinski definition) is 3. The molecule has 6 nitrogen and oxygen atoms in total. The summed E-state index contributed by atoms with van der Waals surface area (Å²) >= 11 is 6.02. The minimum Gasteiger partial charge on any atom is -0.506 e. The number of hydrogen-bond acceptors (Lipinski definition) is 5. The van der Waals surface area contributed by atoms with Crippen LogP contribution in [0.3, 0.4) is 0 Å². The lowest BCUT2D eigenvalue weighted by molar-refractivity contribution is 0.429. The van der Waals surface area contributed by atoms with Gasteiger partial charge in [0.1, 0.15) is 28.7 Å². The quantitative estimate of drug-likeness (QED) is 0.466. The van der Waals surface area contributed by atoms with Gasteiger partial charge in [0.05, 0.1) is 5.02 Å². The zero-order valence-corrected chi connectivity index (χ0v) is 15.5. The molecule has 7 heteroatoms. The van der Waals surface area contributed by atoms with Gasteiger partial charge in [0.15, 0.2) is 5.76 Å². The lowest BCUT2D eigenvalue weighted by Gasteiger charge is -2.05. The summed E-state index contributed by atoms with van der Waals surface area (Å²) in [6.07, 6.45) is 0. The van der Waals surface area contributed by atoms with E-state index in [1.165, 1.54) is 12.1 Å². The van der Waals surface area contributed by atoms with E-state index in [9.17, 15) is 15.0 Å². The van der Waals surface area contributed by atoms with Crippen molar-refractivity contribution in [2.75, 3.05) is 0 Å². The number of halogens is 1. The van der Waals surface area contributed by atoms with E-state index in [1.807, 2.05) is 30.3 Å². The van der Waals surface area contributed by atoms with Gasteiger partial charge in [-0.05, 0) is 25.1 Å². The number of phenolic OH excluding ortho intramolecular Hbond substituents is 1. The van der Waals surface area contributed by atoms with E-state index in [1.54, 1.807) is 19.1 Å². The standard InChI is InChI=1S/C21H15ClN2O4/c1-11-9-16(26)19(27)20(28-11)18-17(12-5-3-2-4-6-12)23-21(24-18)13-7-8-15(25)14(22)10-13/h2-10,25,27H,1H3,(H,23,24). The monoisotopic (exact) mass is 394 g/mol. The van der Waals surface area contributed by atoms with E-state index in [-0.39, 0.29) is 16.5 Å². The maximum atomic E-state index is 12.1. The summed E-state index contributed by atoms with van der Waals surface area (Å²) in [7, 11) is 0. The molecule has 0 fully saturated rings. The Balaban J connectivity index is 1.98. The second kappa shape index (κ2) is 6.90. The maximum absolute atomic E-state index is 12.1. The molecule has 0 spiro atoms. The third kappa shape index (κ3) is 3.14. The first-order valence-electron chi connectivity index (χ1n) is 8.42. The summed E-state index contributed by atoms with van der Waals surface area (Å²) in [5.41, 5.74) is 1.73. The third-order valence-electron chi connectivity index (χ3n) is 4.25. The van der Waals surface area contributed by atoms with Crippen LogP contribution in [-0.2, 0) is 0 Å². The molecule has 0 saturated heterocycles. The van der Waals surface area contributed by atoms with Crippen LogP contribution in [-0.4, -0.2) is 20.2 Å².